The van der Waals surface area contributed by atoms with Crippen LogP contribution in [-0.4, -0.2) is 24.8 Å². The molecule has 0 radical (unpaired) electrons. The van der Waals surface area contributed by atoms with Gasteiger partial charge >= 0.3 is 6.18 Å². The second-order valence-corrected chi connectivity index (χ2v) is 2.01. The molecule has 0 aromatic carbocycles. The van der Waals surface area contributed by atoms with Crippen LogP contribution in [0.15, 0.2) is 11.8 Å². The summed E-state index contributed by atoms with van der Waals surface area (Å²) in [6.07, 6.45) is -3.11. The average molecular weight is 152 g/mol. The molecular weight excluding hydrogens is 145 g/mol. The topological polar surface area (TPSA) is 15.3 Å². The highest BCUT2D eigenvalue weighted by Gasteiger charge is 2.37. The number of hydrazine groups is 1. The maximum atomic E-state index is 11.9. The van der Waals surface area contributed by atoms with Gasteiger partial charge in [-0.3, -0.25) is 0 Å². The van der Waals surface area contributed by atoms with E-state index >= 15 is 0 Å². The number of allylic oxidation sites excluding steroid dienone is 1. The summed E-state index contributed by atoms with van der Waals surface area (Å²) in [4.78, 5) is 0. The first-order chi connectivity index (χ1) is 4.52. The van der Waals surface area contributed by atoms with Gasteiger partial charge in [-0.2, -0.15) is 13.2 Å². The third-order valence-corrected chi connectivity index (χ3v) is 1.28. The number of halogens is 3. The highest BCUT2D eigenvalue weighted by Crippen LogP contribution is 2.27. The number of hydrogen-bond donors (Lipinski definition) is 1. The SMILES string of the molecule is CN1NCC=C1C(F)(F)F. The largest absolute Gasteiger partial charge is 0.432 e. The minimum atomic E-state index is -4.22. The van der Waals surface area contributed by atoms with E-state index in [1.165, 1.54) is 7.05 Å². The number of hydrogen-bond acceptors (Lipinski definition) is 2. The Morgan fingerprint density at radius 2 is 2.20 bits per heavy atom. The first-order valence-electron chi connectivity index (χ1n) is 2.76. The van der Waals surface area contributed by atoms with Gasteiger partial charge in [-0.15, -0.1) is 0 Å². The number of nitrogens with one attached hydrogen (secondary N) is 1. The Kier molecular flexibility index (Phi) is 1.60. The van der Waals surface area contributed by atoms with Crippen LogP contribution in [-0.2, 0) is 0 Å². The monoisotopic (exact) mass is 152 g/mol. The molecule has 0 atom stereocenters. The van der Waals surface area contributed by atoms with Crippen LogP contribution >= 0.6 is 0 Å². The summed E-state index contributed by atoms with van der Waals surface area (Å²) in [5, 5.41) is 0.972. The van der Waals surface area contributed by atoms with Crippen LogP contribution in [0.1, 0.15) is 0 Å². The van der Waals surface area contributed by atoms with Crippen molar-refractivity contribution in [2.45, 2.75) is 6.18 Å². The smallest absolute Gasteiger partial charge is 0.307 e. The van der Waals surface area contributed by atoms with Gasteiger partial charge < -0.3 is 5.01 Å². The van der Waals surface area contributed by atoms with Crippen molar-refractivity contribution in [2.24, 2.45) is 0 Å². The molecule has 0 fully saturated rings. The maximum absolute atomic E-state index is 11.9. The Balaban J connectivity index is 2.72. The Hall–Kier alpha value is -0.710. The Morgan fingerprint density at radius 1 is 1.60 bits per heavy atom. The minimum Gasteiger partial charge on any atom is -0.307 e. The van der Waals surface area contributed by atoms with Gasteiger partial charge in [0, 0.05) is 13.6 Å². The molecule has 58 valence electrons. The lowest BCUT2D eigenvalue weighted by molar-refractivity contribution is -0.110. The molecule has 0 amide bonds. The summed E-state index contributed by atoms with van der Waals surface area (Å²) >= 11 is 0. The average Bonchev–Trinajstić information content (AvgIpc) is 2.11. The lowest BCUT2D eigenvalue weighted by Crippen LogP contribution is -2.33. The summed E-state index contributed by atoms with van der Waals surface area (Å²) in [6.45, 7) is 0.255. The summed E-state index contributed by atoms with van der Waals surface area (Å²) in [7, 11) is 1.34. The summed E-state index contributed by atoms with van der Waals surface area (Å²) in [5.74, 6) is 0. The molecule has 0 saturated carbocycles. The summed E-state index contributed by atoms with van der Waals surface area (Å²) < 4.78 is 35.6. The van der Waals surface area contributed by atoms with Crippen molar-refractivity contribution in [1.29, 1.82) is 0 Å². The van der Waals surface area contributed by atoms with Gasteiger partial charge in [-0.05, 0) is 6.08 Å². The third kappa shape index (κ3) is 1.23. The van der Waals surface area contributed by atoms with E-state index in [0.29, 0.717) is 0 Å². The van der Waals surface area contributed by atoms with E-state index in [-0.39, 0.29) is 6.54 Å². The van der Waals surface area contributed by atoms with Crippen molar-refractivity contribution >= 4 is 0 Å². The Morgan fingerprint density at radius 3 is 2.40 bits per heavy atom. The predicted octanol–water partition coefficient (Wildman–Crippen LogP) is 0.883. The van der Waals surface area contributed by atoms with Gasteiger partial charge in [0.2, 0.25) is 0 Å². The van der Waals surface area contributed by atoms with Crippen molar-refractivity contribution < 1.29 is 13.2 Å². The molecule has 1 rings (SSSR count). The van der Waals surface area contributed by atoms with Crippen molar-refractivity contribution in [1.82, 2.24) is 10.4 Å². The Bertz CT molecular complexity index is 161. The molecule has 5 heteroatoms. The van der Waals surface area contributed by atoms with Crippen LogP contribution in [0.25, 0.3) is 0 Å². The van der Waals surface area contributed by atoms with Crippen LogP contribution in [0, 0.1) is 0 Å². The van der Waals surface area contributed by atoms with E-state index in [0.717, 1.165) is 11.1 Å². The molecule has 1 aliphatic rings. The fourth-order valence-electron chi connectivity index (χ4n) is 0.807. The number of rotatable bonds is 0. The van der Waals surface area contributed by atoms with Gasteiger partial charge in [0.05, 0.1) is 0 Å². The lowest BCUT2D eigenvalue weighted by atomic mass is 10.4. The quantitative estimate of drug-likeness (QED) is 0.554. The van der Waals surface area contributed by atoms with Gasteiger partial charge in [0.1, 0.15) is 5.70 Å². The van der Waals surface area contributed by atoms with Crippen molar-refractivity contribution in [3.8, 4) is 0 Å². The zero-order valence-electron chi connectivity index (χ0n) is 5.37. The van der Waals surface area contributed by atoms with Crippen molar-refractivity contribution in [3.05, 3.63) is 11.8 Å². The van der Waals surface area contributed by atoms with E-state index in [4.69, 9.17) is 0 Å². The molecule has 1 heterocycles. The molecule has 0 aromatic heterocycles. The number of nitrogens with zero attached hydrogens (tertiary/aromatic N) is 1. The maximum Gasteiger partial charge on any atom is 0.432 e. The van der Waals surface area contributed by atoms with Crippen LogP contribution < -0.4 is 5.43 Å². The molecule has 0 aliphatic carbocycles. The van der Waals surface area contributed by atoms with E-state index < -0.39 is 11.9 Å². The van der Waals surface area contributed by atoms with Gasteiger partial charge in [0.15, 0.2) is 0 Å². The van der Waals surface area contributed by atoms with Crippen molar-refractivity contribution in [2.75, 3.05) is 13.6 Å². The van der Waals surface area contributed by atoms with Crippen molar-refractivity contribution in [3.63, 3.8) is 0 Å². The fraction of sp³-hybridized carbons (Fsp3) is 0.600. The third-order valence-electron chi connectivity index (χ3n) is 1.28. The zero-order valence-corrected chi connectivity index (χ0v) is 5.37. The molecule has 0 unspecified atom stereocenters. The van der Waals surface area contributed by atoms with E-state index in [9.17, 15) is 13.2 Å². The minimum absolute atomic E-state index is 0.255. The van der Waals surface area contributed by atoms with E-state index in [2.05, 4.69) is 5.43 Å². The molecular formula is C5H7F3N2. The van der Waals surface area contributed by atoms with E-state index in [1.807, 2.05) is 0 Å². The summed E-state index contributed by atoms with van der Waals surface area (Å²) in [6, 6.07) is 0. The first kappa shape index (κ1) is 7.40. The van der Waals surface area contributed by atoms with E-state index in [1.54, 1.807) is 0 Å². The Labute approximate surface area is 56.3 Å². The highest BCUT2D eigenvalue weighted by atomic mass is 19.4. The predicted molar refractivity (Wildman–Crippen MR) is 29.9 cm³/mol. The van der Waals surface area contributed by atoms with Crippen LogP contribution in [0.4, 0.5) is 13.2 Å². The summed E-state index contributed by atoms with van der Waals surface area (Å²) in [5.41, 5.74) is 1.88. The van der Waals surface area contributed by atoms with Gasteiger partial charge in [-0.25, -0.2) is 5.43 Å². The fourth-order valence-corrected chi connectivity index (χ4v) is 0.807. The van der Waals surface area contributed by atoms with Crippen LogP contribution in [0.2, 0.25) is 0 Å². The van der Waals surface area contributed by atoms with Crippen LogP contribution in [0.5, 0.6) is 0 Å². The first-order valence-corrected chi connectivity index (χ1v) is 2.76. The standard InChI is InChI=1S/C5H7F3N2/c1-10-4(2-3-9-10)5(6,7)8/h2,9H,3H2,1H3. The zero-order chi connectivity index (χ0) is 7.78. The second kappa shape index (κ2) is 2.16. The molecule has 10 heavy (non-hydrogen) atoms. The van der Waals surface area contributed by atoms with Crippen LogP contribution in [0.3, 0.4) is 0 Å². The van der Waals surface area contributed by atoms with Gasteiger partial charge in [0.25, 0.3) is 0 Å². The second-order valence-electron chi connectivity index (χ2n) is 2.01. The molecule has 0 bridgehead atoms. The normalized spacial score (nSPS) is 19.6. The molecule has 1 N–H and O–H groups in total. The van der Waals surface area contributed by atoms with Gasteiger partial charge in [-0.1, -0.05) is 0 Å². The molecule has 2 nitrogen and oxygen atoms in total. The number of alkyl halides is 3. The highest BCUT2D eigenvalue weighted by molar-refractivity contribution is 5.10. The molecule has 1 aliphatic heterocycles. The molecule has 0 saturated heterocycles. The molecule has 0 aromatic rings. The lowest BCUT2D eigenvalue weighted by Gasteiger charge is -2.17. The molecule has 0 spiro atoms.